The summed E-state index contributed by atoms with van der Waals surface area (Å²) in [6.07, 6.45) is 5.58. The average molecular weight is 375 g/mol. The highest BCUT2D eigenvalue weighted by atomic mass is 16.3. The summed E-state index contributed by atoms with van der Waals surface area (Å²) in [6.45, 7) is -0.291. The summed E-state index contributed by atoms with van der Waals surface area (Å²) in [5, 5.41) is 14.8. The van der Waals surface area contributed by atoms with Crippen LogP contribution in [0.15, 0.2) is 60.0 Å². The number of anilines is 1. The highest BCUT2D eigenvalue weighted by Gasteiger charge is 2.32. The Labute approximate surface area is 161 Å². The number of aliphatic hydroxyl groups excluding tert-OH is 1. The molecule has 0 saturated heterocycles. The first-order chi connectivity index (χ1) is 13.6. The number of β-amino-alcohol motifs (C(OH)–C–C–N with tert-alkyl or cyclic N) is 1. The predicted molar refractivity (Wildman–Crippen MR) is 105 cm³/mol. The third-order valence-corrected chi connectivity index (χ3v) is 4.68. The molecule has 2 N–H and O–H groups in total. The molecule has 2 amide bonds. The largest absolute Gasteiger partial charge is 0.395 e. The van der Waals surface area contributed by atoms with Crippen LogP contribution in [0.5, 0.6) is 0 Å². The number of aliphatic hydroxyl groups is 1. The molecular weight excluding hydrogens is 356 g/mol. The summed E-state index contributed by atoms with van der Waals surface area (Å²) >= 11 is 0. The molecule has 0 spiro atoms. The highest BCUT2D eigenvalue weighted by molar-refractivity contribution is 6.26. The molecule has 0 aliphatic carbocycles. The van der Waals surface area contributed by atoms with Crippen LogP contribution in [0.3, 0.4) is 0 Å². The molecule has 2 heterocycles. The predicted octanol–water partition coefficient (Wildman–Crippen LogP) is 1.70. The lowest BCUT2D eigenvalue weighted by molar-refractivity contribution is -0.671. The number of pyridine rings is 1. The monoisotopic (exact) mass is 375 g/mol. The molecule has 0 saturated carbocycles. The Hall–Kier alpha value is -3.58. The number of rotatable bonds is 5. The minimum atomic E-state index is -0.394. The van der Waals surface area contributed by atoms with Crippen molar-refractivity contribution in [2.45, 2.75) is 0 Å². The molecule has 7 nitrogen and oxygen atoms in total. The van der Waals surface area contributed by atoms with Crippen molar-refractivity contribution < 1.29 is 19.3 Å². The summed E-state index contributed by atoms with van der Waals surface area (Å²) in [4.78, 5) is 26.5. The number of carbonyl (C=O) groups is 2. The third-order valence-electron chi connectivity index (χ3n) is 4.68. The van der Waals surface area contributed by atoms with Gasteiger partial charge in [0.15, 0.2) is 12.4 Å². The Morgan fingerprint density at radius 1 is 1.11 bits per heavy atom. The maximum Gasteiger partial charge on any atom is 0.261 e. The zero-order valence-corrected chi connectivity index (χ0v) is 15.3. The SMILES string of the molecule is C[n+]1cccc(/C=N/Nc2ccc3c4c(cccc24)C(=O)N(CCO)C3=O)c1. The van der Waals surface area contributed by atoms with Crippen LogP contribution in [0.4, 0.5) is 5.69 Å². The molecule has 0 fully saturated rings. The second-order valence-electron chi connectivity index (χ2n) is 6.55. The minimum absolute atomic E-state index is 0.0215. The van der Waals surface area contributed by atoms with Gasteiger partial charge in [-0.3, -0.25) is 19.9 Å². The van der Waals surface area contributed by atoms with Gasteiger partial charge in [-0.1, -0.05) is 12.1 Å². The van der Waals surface area contributed by atoms with Gasteiger partial charge in [0, 0.05) is 28.0 Å². The zero-order valence-electron chi connectivity index (χ0n) is 15.3. The van der Waals surface area contributed by atoms with E-state index in [2.05, 4.69) is 10.5 Å². The summed E-state index contributed by atoms with van der Waals surface area (Å²) in [5.41, 5.74) is 5.54. The van der Waals surface area contributed by atoms with Gasteiger partial charge in [0.25, 0.3) is 11.8 Å². The number of hydrazone groups is 1. The summed E-state index contributed by atoms with van der Waals surface area (Å²) < 4.78 is 1.93. The number of amides is 2. The number of nitrogens with one attached hydrogen (secondary N) is 1. The minimum Gasteiger partial charge on any atom is -0.395 e. The van der Waals surface area contributed by atoms with E-state index in [9.17, 15) is 14.7 Å². The van der Waals surface area contributed by atoms with Crippen LogP contribution >= 0.6 is 0 Å². The number of hydrogen-bond donors (Lipinski definition) is 2. The van der Waals surface area contributed by atoms with Crippen molar-refractivity contribution in [3.8, 4) is 0 Å². The lowest BCUT2D eigenvalue weighted by Gasteiger charge is -2.27. The smallest absolute Gasteiger partial charge is 0.261 e. The molecule has 1 aromatic heterocycles. The van der Waals surface area contributed by atoms with Gasteiger partial charge in [0.2, 0.25) is 0 Å². The maximum absolute atomic E-state index is 12.7. The third kappa shape index (κ3) is 3.01. The number of nitrogens with zero attached hydrogens (tertiary/aromatic N) is 3. The van der Waals surface area contributed by atoms with Crippen molar-refractivity contribution in [3.05, 3.63) is 71.5 Å². The number of benzene rings is 2. The fraction of sp³-hybridized carbons (Fsp3) is 0.143. The van der Waals surface area contributed by atoms with E-state index < -0.39 is 11.8 Å². The summed E-state index contributed by atoms with van der Waals surface area (Å²) in [6, 6.07) is 12.7. The second-order valence-corrected chi connectivity index (χ2v) is 6.55. The molecule has 2 aromatic carbocycles. The molecule has 4 rings (SSSR count). The standard InChI is InChI=1S/C21H18N4O3/c1-24-9-3-4-14(13-24)12-22-23-18-8-7-17-19-15(18)5-2-6-16(19)20(27)25(10-11-26)21(17)28/h2-9,12-13,26H,10-11H2,1H3/p+1/b22-12+. The van der Waals surface area contributed by atoms with Gasteiger partial charge in [-0.15, -0.1) is 0 Å². The fourth-order valence-electron chi connectivity index (χ4n) is 3.41. The summed E-state index contributed by atoms with van der Waals surface area (Å²) in [7, 11) is 1.94. The number of carbonyl (C=O) groups excluding carboxylic acids is 2. The molecule has 1 aliphatic rings. The quantitative estimate of drug-likeness (QED) is 0.308. The van der Waals surface area contributed by atoms with Gasteiger partial charge in [0.1, 0.15) is 7.05 Å². The van der Waals surface area contributed by atoms with Crippen LogP contribution in [-0.2, 0) is 7.05 Å². The van der Waals surface area contributed by atoms with Crippen LogP contribution in [-0.4, -0.2) is 41.2 Å². The van der Waals surface area contributed by atoms with Crippen LogP contribution in [0, 0.1) is 0 Å². The molecule has 0 radical (unpaired) electrons. The molecule has 0 bridgehead atoms. The van der Waals surface area contributed by atoms with Gasteiger partial charge in [0.05, 0.1) is 30.6 Å². The first-order valence-electron chi connectivity index (χ1n) is 8.87. The van der Waals surface area contributed by atoms with E-state index in [-0.39, 0.29) is 13.2 Å². The van der Waals surface area contributed by atoms with Crippen LogP contribution in [0.1, 0.15) is 26.3 Å². The van der Waals surface area contributed by atoms with Gasteiger partial charge >= 0.3 is 0 Å². The molecule has 7 heteroatoms. The summed E-state index contributed by atoms with van der Waals surface area (Å²) in [5.74, 6) is -0.788. The number of imide groups is 1. The lowest BCUT2D eigenvalue weighted by Crippen LogP contribution is -2.41. The second kappa shape index (κ2) is 7.21. The van der Waals surface area contributed by atoms with Crippen LogP contribution in [0.2, 0.25) is 0 Å². The van der Waals surface area contributed by atoms with Crippen LogP contribution in [0.25, 0.3) is 10.8 Å². The molecule has 0 atom stereocenters. The van der Waals surface area contributed by atoms with Crippen LogP contribution < -0.4 is 9.99 Å². The average Bonchev–Trinajstić information content (AvgIpc) is 2.70. The van der Waals surface area contributed by atoms with Crippen molar-refractivity contribution in [3.63, 3.8) is 0 Å². The topological polar surface area (TPSA) is 85.9 Å². The van der Waals surface area contributed by atoms with Crippen molar-refractivity contribution in [2.24, 2.45) is 12.1 Å². The van der Waals surface area contributed by atoms with E-state index >= 15 is 0 Å². The molecule has 28 heavy (non-hydrogen) atoms. The van der Waals surface area contributed by atoms with Gasteiger partial charge in [-0.05, 0) is 24.3 Å². The van der Waals surface area contributed by atoms with E-state index in [4.69, 9.17) is 0 Å². The van der Waals surface area contributed by atoms with Gasteiger partial charge in [-0.25, -0.2) is 4.57 Å². The van der Waals surface area contributed by atoms with Crippen molar-refractivity contribution in [1.29, 1.82) is 0 Å². The highest BCUT2D eigenvalue weighted by Crippen LogP contribution is 2.34. The van der Waals surface area contributed by atoms with Crippen molar-refractivity contribution >= 4 is 34.5 Å². The molecular formula is C21H19N4O3+. The molecule has 140 valence electrons. The van der Waals surface area contributed by atoms with E-state index in [0.29, 0.717) is 22.2 Å². The van der Waals surface area contributed by atoms with Gasteiger partial charge < -0.3 is 5.11 Å². The van der Waals surface area contributed by atoms with E-state index in [0.717, 1.165) is 15.8 Å². The maximum atomic E-state index is 12.7. The normalized spacial score (nSPS) is 13.6. The Morgan fingerprint density at radius 3 is 2.64 bits per heavy atom. The zero-order chi connectivity index (χ0) is 19.7. The van der Waals surface area contributed by atoms with Crippen molar-refractivity contribution in [1.82, 2.24) is 4.90 Å². The number of aryl methyl sites for hydroxylation is 1. The van der Waals surface area contributed by atoms with E-state index in [1.54, 1.807) is 30.5 Å². The molecule has 0 unspecified atom stereocenters. The van der Waals surface area contributed by atoms with E-state index in [1.807, 2.05) is 42.2 Å². The Morgan fingerprint density at radius 2 is 1.89 bits per heavy atom. The van der Waals surface area contributed by atoms with Crippen molar-refractivity contribution in [2.75, 3.05) is 18.6 Å². The van der Waals surface area contributed by atoms with E-state index in [1.165, 1.54) is 0 Å². The Balaban J connectivity index is 1.72. The first-order valence-corrected chi connectivity index (χ1v) is 8.87. The fourth-order valence-corrected chi connectivity index (χ4v) is 3.41. The Bertz CT molecular complexity index is 1100. The molecule has 1 aliphatic heterocycles. The number of hydrogen-bond acceptors (Lipinski definition) is 5. The van der Waals surface area contributed by atoms with Gasteiger partial charge in [-0.2, -0.15) is 5.10 Å². The Kier molecular flexibility index (Phi) is 4.58. The lowest BCUT2D eigenvalue weighted by atomic mass is 9.93. The number of aromatic nitrogens is 1. The first kappa shape index (κ1) is 17.8. The molecule has 3 aromatic rings.